The molecule has 116 valence electrons. The summed E-state index contributed by atoms with van der Waals surface area (Å²) in [7, 11) is -3.53. The highest BCUT2D eigenvalue weighted by atomic mass is 32.2. The predicted molar refractivity (Wildman–Crippen MR) is 83.6 cm³/mol. The van der Waals surface area contributed by atoms with E-state index in [0.29, 0.717) is 24.6 Å². The van der Waals surface area contributed by atoms with Gasteiger partial charge in [0.2, 0.25) is 15.9 Å². The summed E-state index contributed by atoms with van der Waals surface area (Å²) in [6.45, 7) is 1.00. The fraction of sp³-hybridized carbons (Fsp3) is 0.312. The molecule has 2 N–H and O–H groups in total. The van der Waals surface area contributed by atoms with E-state index >= 15 is 0 Å². The van der Waals surface area contributed by atoms with Gasteiger partial charge in [-0.05, 0) is 42.5 Å². The number of carbonyl (C=O) groups is 1. The molecule has 0 bridgehead atoms. The number of nitrogens with two attached hydrogens (primary N) is 1. The minimum absolute atomic E-state index is 0.200. The maximum Gasteiger partial charge on any atom is 0.248 e. The molecule has 5 nitrogen and oxygen atoms in total. The van der Waals surface area contributed by atoms with Gasteiger partial charge in [0.1, 0.15) is 0 Å². The van der Waals surface area contributed by atoms with Crippen LogP contribution in [0.3, 0.4) is 0 Å². The third-order valence-electron chi connectivity index (χ3n) is 4.28. The standard InChI is InChI=1S/C16H18N2O3S/c17-16(19)13-5-7-15(8-6-13)22(20,21)18-10-9-12-3-1-2-4-14(12)11-18/h1-8,12,14H,9-11H2,(H2,17,19). The van der Waals surface area contributed by atoms with E-state index in [1.54, 1.807) is 0 Å². The Kier molecular flexibility index (Phi) is 3.88. The summed E-state index contributed by atoms with van der Waals surface area (Å²) in [5.74, 6) is 0.0935. The summed E-state index contributed by atoms with van der Waals surface area (Å²) in [5, 5.41) is 0. The second-order valence-corrected chi connectivity index (χ2v) is 7.58. The zero-order chi connectivity index (χ0) is 15.7. The Morgan fingerprint density at radius 2 is 1.73 bits per heavy atom. The van der Waals surface area contributed by atoms with E-state index in [1.807, 2.05) is 12.2 Å². The van der Waals surface area contributed by atoms with Crippen molar-refractivity contribution in [3.8, 4) is 0 Å². The third-order valence-corrected chi connectivity index (χ3v) is 6.16. The first-order valence-electron chi connectivity index (χ1n) is 7.23. The van der Waals surface area contributed by atoms with Crippen LogP contribution in [0.1, 0.15) is 16.8 Å². The molecular formula is C16H18N2O3S. The van der Waals surface area contributed by atoms with Crippen LogP contribution < -0.4 is 5.73 Å². The number of carbonyl (C=O) groups excluding carboxylic acids is 1. The zero-order valence-electron chi connectivity index (χ0n) is 12.1. The molecule has 0 aromatic heterocycles. The van der Waals surface area contributed by atoms with Crippen molar-refractivity contribution in [1.82, 2.24) is 4.31 Å². The van der Waals surface area contributed by atoms with Crippen LogP contribution in [0, 0.1) is 11.8 Å². The van der Waals surface area contributed by atoms with Crippen LogP contribution in [0.15, 0.2) is 53.5 Å². The molecule has 1 fully saturated rings. The monoisotopic (exact) mass is 318 g/mol. The highest BCUT2D eigenvalue weighted by molar-refractivity contribution is 7.89. The first kappa shape index (κ1) is 15.0. The van der Waals surface area contributed by atoms with Gasteiger partial charge < -0.3 is 5.73 Å². The molecule has 3 rings (SSSR count). The number of fused-ring (bicyclic) bond motifs is 1. The number of hydrogen-bond acceptors (Lipinski definition) is 3. The van der Waals surface area contributed by atoms with Gasteiger partial charge in [-0.2, -0.15) is 4.31 Å². The van der Waals surface area contributed by atoms with Gasteiger partial charge in [-0.3, -0.25) is 4.79 Å². The average molecular weight is 318 g/mol. The molecule has 1 aliphatic heterocycles. The number of primary amides is 1. The van der Waals surface area contributed by atoms with Crippen LogP contribution in [0.4, 0.5) is 0 Å². The van der Waals surface area contributed by atoms with E-state index in [4.69, 9.17) is 5.73 Å². The topological polar surface area (TPSA) is 80.5 Å². The fourth-order valence-electron chi connectivity index (χ4n) is 2.98. The normalized spacial score (nSPS) is 24.9. The van der Waals surface area contributed by atoms with E-state index in [-0.39, 0.29) is 10.8 Å². The van der Waals surface area contributed by atoms with E-state index in [1.165, 1.54) is 28.6 Å². The Morgan fingerprint density at radius 1 is 1.09 bits per heavy atom. The van der Waals surface area contributed by atoms with Crippen LogP contribution in [-0.2, 0) is 10.0 Å². The van der Waals surface area contributed by atoms with Crippen LogP contribution >= 0.6 is 0 Å². The second kappa shape index (κ2) is 5.70. The SMILES string of the molecule is NC(=O)c1ccc(S(=O)(=O)N2CCC3C=CC=CC3C2)cc1. The quantitative estimate of drug-likeness (QED) is 0.918. The smallest absolute Gasteiger partial charge is 0.248 e. The molecule has 0 spiro atoms. The Labute approximate surface area is 130 Å². The minimum Gasteiger partial charge on any atom is -0.366 e. The number of sulfonamides is 1. The number of amides is 1. The molecule has 1 heterocycles. The Morgan fingerprint density at radius 3 is 2.36 bits per heavy atom. The fourth-order valence-corrected chi connectivity index (χ4v) is 4.48. The molecule has 2 atom stereocenters. The van der Waals surface area contributed by atoms with Crippen LogP contribution in [0.5, 0.6) is 0 Å². The number of hydrogen-bond donors (Lipinski definition) is 1. The first-order chi connectivity index (χ1) is 10.5. The maximum atomic E-state index is 12.7. The summed E-state index contributed by atoms with van der Waals surface area (Å²) in [4.78, 5) is 11.3. The summed E-state index contributed by atoms with van der Waals surface area (Å²) in [6.07, 6.45) is 9.04. The van der Waals surface area contributed by atoms with Crippen molar-refractivity contribution in [2.24, 2.45) is 17.6 Å². The summed E-state index contributed by atoms with van der Waals surface area (Å²) in [5.41, 5.74) is 5.48. The van der Waals surface area contributed by atoms with Gasteiger partial charge in [-0.15, -0.1) is 0 Å². The number of benzene rings is 1. The Balaban J connectivity index is 1.82. The van der Waals surface area contributed by atoms with Gasteiger partial charge in [-0.1, -0.05) is 24.3 Å². The van der Waals surface area contributed by atoms with Gasteiger partial charge in [0, 0.05) is 18.7 Å². The molecule has 2 aliphatic rings. The van der Waals surface area contributed by atoms with Crippen molar-refractivity contribution in [1.29, 1.82) is 0 Å². The van der Waals surface area contributed by atoms with Crippen LogP contribution in [-0.4, -0.2) is 31.7 Å². The van der Waals surface area contributed by atoms with Gasteiger partial charge in [0.25, 0.3) is 0 Å². The van der Waals surface area contributed by atoms with Crippen molar-refractivity contribution in [2.45, 2.75) is 11.3 Å². The molecule has 2 unspecified atom stereocenters. The number of allylic oxidation sites excluding steroid dienone is 3. The predicted octanol–water partition coefficient (Wildman–Crippen LogP) is 1.54. The third kappa shape index (κ3) is 2.71. The van der Waals surface area contributed by atoms with Crippen molar-refractivity contribution in [2.75, 3.05) is 13.1 Å². The molecule has 1 amide bonds. The largest absolute Gasteiger partial charge is 0.366 e. The molecule has 1 aliphatic carbocycles. The van der Waals surface area contributed by atoms with Gasteiger partial charge in [0.15, 0.2) is 0 Å². The molecule has 22 heavy (non-hydrogen) atoms. The molecule has 1 aromatic rings. The minimum atomic E-state index is -3.53. The molecule has 1 aromatic carbocycles. The molecule has 1 saturated heterocycles. The lowest BCUT2D eigenvalue weighted by Crippen LogP contribution is -2.43. The van der Waals surface area contributed by atoms with Crippen molar-refractivity contribution >= 4 is 15.9 Å². The molecule has 0 radical (unpaired) electrons. The molecular weight excluding hydrogens is 300 g/mol. The average Bonchev–Trinajstić information content (AvgIpc) is 2.54. The van der Waals surface area contributed by atoms with Gasteiger partial charge in [0.05, 0.1) is 4.90 Å². The van der Waals surface area contributed by atoms with Crippen molar-refractivity contribution < 1.29 is 13.2 Å². The Bertz CT molecular complexity index is 735. The van der Waals surface area contributed by atoms with Gasteiger partial charge >= 0.3 is 0 Å². The highest BCUT2D eigenvalue weighted by Crippen LogP contribution is 2.31. The van der Waals surface area contributed by atoms with Crippen LogP contribution in [0.2, 0.25) is 0 Å². The molecule has 0 saturated carbocycles. The highest BCUT2D eigenvalue weighted by Gasteiger charge is 2.34. The lowest BCUT2D eigenvalue weighted by Gasteiger charge is -2.36. The maximum absolute atomic E-state index is 12.7. The molecule has 6 heteroatoms. The van der Waals surface area contributed by atoms with E-state index < -0.39 is 15.9 Å². The van der Waals surface area contributed by atoms with E-state index in [9.17, 15) is 13.2 Å². The summed E-state index contributed by atoms with van der Waals surface area (Å²) in [6, 6.07) is 5.78. The van der Waals surface area contributed by atoms with Crippen LogP contribution in [0.25, 0.3) is 0 Å². The first-order valence-corrected chi connectivity index (χ1v) is 8.67. The number of piperidine rings is 1. The second-order valence-electron chi connectivity index (χ2n) is 5.64. The van der Waals surface area contributed by atoms with Crippen molar-refractivity contribution in [3.63, 3.8) is 0 Å². The number of nitrogens with zero attached hydrogens (tertiary/aromatic N) is 1. The lowest BCUT2D eigenvalue weighted by molar-refractivity contribution is 0.1000. The lowest BCUT2D eigenvalue weighted by atomic mass is 9.83. The van der Waals surface area contributed by atoms with E-state index in [0.717, 1.165) is 6.42 Å². The van der Waals surface area contributed by atoms with Gasteiger partial charge in [-0.25, -0.2) is 8.42 Å². The summed E-state index contributed by atoms with van der Waals surface area (Å²) < 4.78 is 26.9. The van der Waals surface area contributed by atoms with E-state index in [2.05, 4.69) is 12.2 Å². The zero-order valence-corrected chi connectivity index (χ0v) is 12.9. The Hall–Kier alpha value is -1.92. The summed E-state index contributed by atoms with van der Waals surface area (Å²) >= 11 is 0. The van der Waals surface area contributed by atoms with Crippen molar-refractivity contribution in [3.05, 3.63) is 54.1 Å². The number of rotatable bonds is 3.